The molecule has 0 aliphatic heterocycles. The van der Waals surface area contributed by atoms with E-state index in [9.17, 15) is 9.90 Å². The van der Waals surface area contributed by atoms with Gasteiger partial charge in [0, 0.05) is 45.2 Å². The van der Waals surface area contributed by atoms with Gasteiger partial charge in [0.1, 0.15) is 11.3 Å². The third kappa shape index (κ3) is 4.21. The Morgan fingerprint density at radius 1 is 1.06 bits per heavy atom. The fourth-order valence-corrected chi connectivity index (χ4v) is 4.42. The fraction of sp³-hybridized carbons (Fsp3) is 0.111. The van der Waals surface area contributed by atoms with Crippen molar-refractivity contribution in [1.29, 1.82) is 0 Å². The summed E-state index contributed by atoms with van der Waals surface area (Å²) in [5, 5.41) is 14.2. The number of hydrogen-bond donors (Lipinski definition) is 4. The number of carbonyl (C=O) groups is 1. The van der Waals surface area contributed by atoms with Crippen LogP contribution in [0.2, 0.25) is 5.02 Å². The number of H-pyrrole nitrogens is 2. The third-order valence-electron chi connectivity index (χ3n) is 5.90. The van der Waals surface area contributed by atoms with Crippen LogP contribution in [0.3, 0.4) is 0 Å². The van der Waals surface area contributed by atoms with Crippen LogP contribution in [0, 0.1) is 6.92 Å². The number of aliphatic hydroxyl groups is 1. The number of nitrogens with zero attached hydrogens (tertiary/aromatic N) is 1. The first-order valence-corrected chi connectivity index (χ1v) is 11.3. The Hall–Kier alpha value is -3.87. The van der Waals surface area contributed by atoms with Crippen molar-refractivity contribution in [3.05, 3.63) is 101 Å². The second-order valence-corrected chi connectivity index (χ2v) is 8.61. The highest BCUT2D eigenvalue weighted by Gasteiger charge is 2.19. The number of pyridine rings is 1. The summed E-state index contributed by atoms with van der Waals surface area (Å²) in [7, 11) is 0. The van der Waals surface area contributed by atoms with E-state index < -0.39 is 6.04 Å². The van der Waals surface area contributed by atoms with Gasteiger partial charge in [-0.3, -0.25) is 4.79 Å². The van der Waals surface area contributed by atoms with E-state index in [1.54, 1.807) is 18.2 Å². The summed E-state index contributed by atoms with van der Waals surface area (Å²) in [6, 6.07) is 20.6. The molecule has 0 bridgehead atoms. The maximum atomic E-state index is 12.9. The highest BCUT2D eigenvalue weighted by molar-refractivity contribution is 6.30. The van der Waals surface area contributed by atoms with Crippen molar-refractivity contribution in [2.24, 2.45) is 0 Å². The van der Waals surface area contributed by atoms with Gasteiger partial charge in [-0.05, 0) is 42.3 Å². The largest absolute Gasteiger partial charge is 0.394 e. The quantitative estimate of drug-likeness (QED) is 0.258. The molecule has 6 nitrogen and oxygen atoms in total. The molecule has 1 unspecified atom stereocenters. The number of aliphatic hydroxyl groups excluding tert-OH is 1. The van der Waals surface area contributed by atoms with E-state index in [0.29, 0.717) is 10.7 Å². The highest BCUT2D eigenvalue weighted by Crippen LogP contribution is 2.34. The van der Waals surface area contributed by atoms with Gasteiger partial charge in [-0.25, -0.2) is 4.98 Å². The van der Waals surface area contributed by atoms with Gasteiger partial charge in [0.15, 0.2) is 0 Å². The van der Waals surface area contributed by atoms with Gasteiger partial charge in [0.05, 0.1) is 12.6 Å². The number of rotatable bonds is 6. The van der Waals surface area contributed by atoms with E-state index in [1.807, 2.05) is 49.6 Å². The molecule has 2 aromatic carbocycles. The Balaban J connectivity index is 1.45. The Bertz CT molecular complexity index is 1470. The van der Waals surface area contributed by atoms with Crippen LogP contribution in [0.1, 0.15) is 27.8 Å². The lowest BCUT2D eigenvalue weighted by Crippen LogP contribution is -2.31. The molecule has 0 aliphatic rings. The molecule has 5 rings (SSSR count). The van der Waals surface area contributed by atoms with E-state index in [0.717, 1.165) is 44.5 Å². The number of hydrogen-bond acceptors (Lipinski definition) is 3. The first kappa shape index (κ1) is 21.9. The van der Waals surface area contributed by atoms with Gasteiger partial charge in [-0.2, -0.15) is 0 Å². The zero-order valence-corrected chi connectivity index (χ0v) is 19.2. The van der Waals surface area contributed by atoms with E-state index in [4.69, 9.17) is 11.6 Å². The van der Waals surface area contributed by atoms with Gasteiger partial charge in [-0.1, -0.05) is 54.1 Å². The van der Waals surface area contributed by atoms with Gasteiger partial charge in [-0.15, -0.1) is 0 Å². The Morgan fingerprint density at radius 3 is 2.65 bits per heavy atom. The molecule has 3 aromatic heterocycles. The van der Waals surface area contributed by atoms with Crippen LogP contribution in [0.25, 0.3) is 33.3 Å². The smallest absolute Gasteiger partial charge is 0.268 e. The standard InChI is InChI=1S/C27H23ClN4O2/c1-16-25(22-11-19(13-30-26(22)31-16)17-6-3-2-4-7-17)20-12-23(29-14-20)27(34)32-24(15-33)18-8-5-9-21(28)10-18/h2-14,24,29,33H,15H2,1H3,(H,30,31)(H,32,34). The average Bonchev–Trinajstić information content (AvgIpc) is 3.46. The molecular formula is C27H23ClN4O2. The number of carbonyl (C=O) groups excluding carboxylic acids is 1. The molecular weight excluding hydrogens is 448 g/mol. The number of fused-ring (bicyclic) bond motifs is 1. The van der Waals surface area contributed by atoms with E-state index >= 15 is 0 Å². The van der Waals surface area contributed by atoms with Crippen LogP contribution in [-0.4, -0.2) is 32.6 Å². The summed E-state index contributed by atoms with van der Waals surface area (Å²) >= 11 is 6.06. The number of aromatic nitrogens is 3. The minimum Gasteiger partial charge on any atom is -0.394 e. The maximum Gasteiger partial charge on any atom is 0.268 e. The van der Waals surface area contributed by atoms with E-state index in [1.165, 1.54) is 0 Å². The van der Waals surface area contributed by atoms with Crippen molar-refractivity contribution in [3.63, 3.8) is 0 Å². The molecule has 0 fully saturated rings. The number of aryl methyl sites for hydroxylation is 1. The van der Waals surface area contributed by atoms with Gasteiger partial charge >= 0.3 is 0 Å². The molecule has 1 amide bonds. The summed E-state index contributed by atoms with van der Waals surface area (Å²) in [5.74, 6) is -0.314. The maximum absolute atomic E-state index is 12.9. The number of amides is 1. The summed E-state index contributed by atoms with van der Waals surface area (Å²) in [6.45, 7) is 1.75. The molecule has 5 aromatic rings. The minimum absolute atomic E-state index is 0.241. The molecule has 0 spiro atoms. The van der Waals surface area contributed by atoms with Crippen LogP contribution >= 0.6 is 11.6 Å². The number of aromatic amines is 2. The normalized spacial score (nSPS) is 12.1. The molecule has 0 saturated heterocycles. The highest BCUT2D eigenvalue weighted by atomic mass is 35.5. The van der Waals surface area contributed by atoms with E-state index in [2.05, 4.69) is 38.5 Å². The number of halogens is 1. The molecule has 0 saturated carbocycles. The zero-order valence-electron chi connectivity index (χ0n) is 18.5. The summed E-state index contributed by atoms with van der Waals surface area (Å²) in [4.78, 5) is 24.0. The lowest BCUT2D eigenvalue weighted by atomic mass is 10.0. The lowest BCUT2D eigenvalue weighted by Gasteiger charge is -2.16. The molecule has 34 heavy (non-hydrogen) atoms. The Kier molecular flexibility index (Phi) is 5.92. The van der Waals surface area contributed by atoms with Gasteiger partial charge in [0.2, 0.25) is 0 Å². The summed E-state index contributed by atoms with van der Waals surface area (Å²) < 4.78 is 0. The fourth-order valence-electron chi connectivity index (χ4n) is 4.22. The SMILES string of the molecule is Cc1[nH]c2ncc(-c3ccccc3)cc2c1-c1c[nH]c(C(=O)NC(CO)c2cccc(Cl)c2)c1. The lowest BCUT2D eigenvalue weighted by molar-refractivity contribution is 0.0911. The molecule has 1 atom stereocenters. The molecule has 3 heterocycles. The predicted octanol–water partition coefficient (Wildman–Crippen LogP) is 5.65. The molecule has 7 heteroatoms. The third-order valence-corrected chi connectivity index (χ3v) is 6.14. The predicted molar refractivity (Wildman–Crippen MR) is 135 cm³/mol. The van der Waals surface area contributed by atoms with Crippen LogP contribution in [0.4, 0.5) is 0 Å². The van der Waals surface area contributed by atoms with Crippen molar-refractivity contribution in [3.8, 4) is 22.3 Å². The minimum atomic E-state index is -0.564. The monoisotopic (exact) mass is 470 g/mol. The zero-order chi connectivity index (χ0) is 23.7. The van der Waals surface area contributed by atoms with Crippen molar-refractivity contribution in [1.82, 2.24) is 20.3 Å². The Morgan fingerprint density at radius 2 is 1.88 bits per heavy atom. The van der Waals surface area contributed by atoms with Crippen molar-refractivity contribution in [2.75, 3.05) is 6.61 Å². The first-order valence-electron chi connectivity index (χ1n) is 10.9. The second kappa shape index (κ2) is 9.17. The molecule has 4 N–H and O–H groups in total. The number of benzene rings is 2. The second-order valence-electron chi connectivity index (χ2n) is 8.18. The summed E-state index contributed by atoms with van der Waals surface area (Å²) in [5.41, 5.74) is 6.87. The molecule has 0 aliphatic carbocycles. The van der Waals surface area contributed by atoms with Crippen LogP contribution in [0.5, 0.6) is 0 Å². The molecule has 170 valence electrons. The summed E-state index contributed by atoms with van der Waals surface area (Å²) in [6.07, 6.45) is 3.67. The number of nitrogens with one attached hydrogen (secondary N) is 3. The first-order chi connectivity index (χ1) is 16.5. The van der Waals surface area contributed by atoms with Crippen molar-refractivity contribution < 1.29 is 9.90 Å². The van der Waals surface area contributed by atoms with Crippen LogP contribution in [0.15, 0.2) is 79.1 Å². The van der Waals surface area contributed by atoms with E-state index in [-0.39, 0.29) is 12.5 Å². The van der Waals surface area contributed by atoms with Crippen molar-refractivity contribution >= 4 is 28.5 Å². The topological polar surface area (TPSA) is 93.8 Å². The average molecular weight is 471 g/mol. The van der Waals surface area contributed by atoms with Crippen molar-refractivity contribution in [2.45, 2.75) is 13.0 Å². The van der Waals surface area contributed by atoms with Gasteiger partial charge < -0.3 is 20.4 Å². The van der Waals surface area contributed by atoms with Crippen LogP contribution < -0.4 is 5.32 Å². The van der Waals surface area contributed by atoms with Gasteiger partial charge in [0.25, 0.3) is 5.91 Å². The Labute approximate surface area is 201 Å². The molecule has 0 radical (unpaired) electrons. The van der Waals surface area contributed by atoms with Crippen LogP contribution in [-0.2, 0) is 0 Å².